The lowest BCUT2D eigenvalue weighted by atomic mass is 9.95. The molecule has 0 unspecified atom stereocenters. The third-order valence-corrected chi connectivity index (χ3v) is 6.06. The number of β-lactam (4-membered cyclic amide) rings is 1. The minimum atomic E-state index is -1.32. The molecule has 3 rings (SSSR count). The van der Waals surface area contributed by atoms with Crippen molar-refractivity contribution in [2.24, 2.45) is 5.11 Å². The highest BCUT2D eigenvalue weighted by Gasteiger charge is 2.62. The maximum atomic E-state index is 12.6. The van der Waals surface area contributed by atoms with E-state index < -0.39 is 46.0 Å². The van der Waals surface area contributed by atoms with E-state index in [1.807, 2.05) is 0 Å². The number of carbonyl (C=O) groups is 3. The van der Waals surface area contributed by atoms with Crippen LogP contribution in [0.15, 0.2) is 35.4 Å². The molecule has 0 aromatic heterocycles. The van der Waals surface area contributed by atoms with Crippen LogP contribution < -0.4 is 10.4 Å². The van der Waals surface area contributed by atoms with Crippen LogP contribution in [0.3, 0.4) is 0 Å². The number of hydrogen-bond acceptors (Lipinski definition) is 6. The van der Waals surface area contributed by atoms with Crippen molar-refractivity contribution in [1.29, 1.82) is 0 Å². The maximum absolute atomic E-state index is 12.6. The van der Waals surface area contributed by atoms with Crippen molar-refractivity contribution >= 4 is 29.5 Å². The van der Waals surface area contributed by atoms with E-state index in [2.05, 4.69) is 15.3 Å². The van der Waals surface area contributed by atoms with Gasteiger partial charge < -0.3 is 20.1 Å². The molecule has 136 valence electrons. The summed E-state index contributed by atoms with van der Waals surface area (Å²) in [5.41, 5.74) is 9.24. The number of carbonyl (C=O) groups excluding carboxylic acids is 3. The molecule has 0 spiro atoms. The van der Waals surface area contributed by atoms with Crippen molar-refractivity contribution < 1.29 is 19.5 Å². The highest BCUT2D eigenvalue weighted by molar-refractivity contribution is 8.01. The smallest absolute Gasteiger partial charge is 0.249 e. The molecule has 9 nitrogen and oxygen atoms in total. The van der Waals surface area contributed by atoms with Gasteiger partial charge in [0.25, 0.3) is 0 Å². The van der Waals surface area contributed by atoms with E-state index in [0.29, 0.717) is 5.56 Å². The molecule has 0 bridgehead atoms. The molecule has 2 saturated heterocycles. The number of azide groups is 1. The highest BCUT2D eigenvalue weighted by Crippen LogP contribution is 2.50. The highest BCUT2D eigenvalue weighted by atomic mass is 32.2. The van der Waals surface area contributed by atoms with E-state index in [4.69, 9.17) is 5.53 Å². The van der Waals surface area contributed by atoms with E-state index in [-0.39, 0.29) is 0 Å². The molecule has 1 aromatic rings. The minimum Gasteiger partial charge on any atom is -0.548 e. The third-order valence-electron chi connectivity index (χ3n) is 4.49. The second-order valence-electron chi connectivity index (χ2n) is 6.58. The van der Waals surface area contributed by atoms with E-state index >= 15 is 0 Å². The Balaban J connectivity index is 1.78. The number of carboxylic acid groups (broad SMARTS) is 1. The third kappa shape index (κ3) is 2.87. The number of hydrogen-bond donors (Lipinski definition) is 1. The Morgan fingerprint density at radius 1 is 1.38 bits per heavy atom. The van der Waals surface area contributed by atoms with Crippen LogP contribution in [0, 0.1) is 0 Å². The van der Waals surface area contributed by atoms with Crippen LogP contribution in [0.1, 0.15) is 25.5 Å². The van der Waals surface area contributed by atoms with Crippen molar-refractivity contribution in [2.45, 2.75) is 42.1 Å². The molecule has 2 heterocycles. The van der Waals surface area contributed by atoms with Crippen LogP contribution in [0.5, 0.6) is 0 Å². The Morgan fingerprint density at radius 3 is 2.62 bits per heavy atom. The van der Waals surface area contributed by atoms with E-state index in [0.717, 1.165) is 0 Å². The van der Waals surface area contributed by atoms with Crippen LogP contribution in [0.25, 0.3) is 10.4 Å². The summed E-state index contributed by atoms with van der Waals surface area (Å²) in [6.07, 6.45) is 0. The second kappa shape index (κ2) is 6.54. The minimum absolute atomic E-state index is 0.483. The summed E-state index contributed by atoms with van der Waals surface area (Å²) >= 11 is 1.29. The van der Waals surface area contributed by atoms with Gasteiger partial charge in [-0.3, -0.25) is 9.59 Å². The monoisotopic (exact) mass is 374 g/mol. The fourth-order valence-corrected chi connectivity index (χ4v) is 4.94. The largest absolute Gasteiger partial charge is 0.548 e. The molecule has 2 aliphatic heterocycles. The van der Waals surface area contributed by atoms with Gasteiger partial charge in [0.05, 0.1) is 12.0 Å². The zero-order valence-electron chi connectivity index (χ0n) is 14.0. The van der Waals surface area contributed by atoms with E-state index in [1.165, 1.54) is 16.7 Å². The van der Waals surface area contributed by atoms with Gasteiger partial charge in [0, 0.05) is 9.66 Å². The SMILES string of the molecule is CC1(C)S[C@@H]2[C@H](NC(=O)[C@@H](N=[N+]=[N-])c3ccccc3)C(=O)N2[C@H]1C(=O)[O-]. The van der Waals surface area contributed by atoms with Gasteiger partial charge in [0.1, 0.15) is 17.5 Å². The fraction of sp³-hybridized carbons (Fsp3) is 0.438. The number of aliphatic carboxylic acids is 1. The van der Waals surface area contributed by atoms with Gasteiger partial charge in [0.15, 0.2) is 0 Å². The summed E-state index contributed by atoms with van der Waals surface area (Å²) in [4.78, 5) is 40.3. The topological polar surface area (TPSA) is 138 Å². The Hall–Kier alpha value is -2.71. The lowest BCUT2D eigenvalue weighted by Crippen LogP contribution is -2.71. The molecule has 1 aromatic carbocycles. The van der Waals surface area contributed by atoms with Gasteiger partial charge in [-0.05, 0) is 24.9 Å². The molecule has 2 amide bonds. The lowest BCUT2D eigenvalue weighted by Gasteiger charge is -2.45. The zero-order chi connectivity index (χ0) is 19.1. The maximum Gasteiger partial charge on any atom is 0.249 e. The van der Waals surface area contributed by atoms with Crippen LogP contribution in [-0.2, 0) is 14.4 Å². The Morgan fingerprint density at radius 2 is 2.04 bits per heavy atom. The summed E-state index contributed by atoms with van der Waals surface area (Å²) in [5, 5.41) is 17.0. The van der Waals surface area contributed by atoms with Gasteiger partial charge in [-0.15, -0.1) is 11.8 Å². The number of fused-ring (bicyclic) bond motifs is 1. The molecule has 26 heavy (non-hydrogen) atoms. The molecule has 0 radical (unpaired) electrons. The number of benzene rings is 1. The molecular weight excluding hydrogens is 358 g/mol. The van der Waals surface area contributed by atoms with Crippen molar-refractivity contribution in [3.05, 3.63) is 46.3 Å². The van der Waals surface area contributed by atoms with Crippen molar-refractivity contribution in [2.75, 3.05) is 0 Å². The van der Waals surface area contributed by atoms with Crippen LogP contribution in [0.2, 0.25) is 0 Å². The quantitative estimate of drug-likeness (QED) is 0.343. The summed E-state index contributed by atoms with van der Waals surface area (Å²) in [6.45, 7) is 3.44. The summed E-state index contributed by atoms with van der Waals surface area (Å²) < 4.78 is -0.734. The molecule has 0 saturated carbocycles. The Kier molecular flexibility index (Phi) is 4.55. The van der Waals surface area contributed by atoms with E-state index in [9.17, 15) is 19.5 Å². The number of thioether (sulfide) groups is 1. The van der Waals surface area contributed by atoms with E-state index in [1.54, 1.807) is 44.2 Å². The first-order valence-corrected chi connectivity index (χ1v) is 8.76. The van der Waals surface area contributed by atoms with Gasteiger partial charge in [-0.1, -0.05) is 35.4 Å². The first-order valence-electron chi connectivity index (χ1n) is 7.88. The Bertz CT molecular complexity index is 808. The number of nitrogens with zero attached hydrogens (tertiary/aromatic N) is 4. The average Bonchev–Trinajstić information content (AvgIpc) is 2.86. The molecule has 10 heteroatoms. The predicted octanol–water partition coefficient (Wildman–Crippen LogP) is 0.335. The number of carboxylic acids is 1. The molecule has 0 aliphatic carbocycles. The average molecular weight is 374 g/mol. The predicted molar refractivity (Wildman–Crippen MR) is 91.4 cm³/mol. The van der Waals surface area contributed by atoms with Crippen molar-refractivity contribution in [3.63, 3.8) is 0 Å². The Labute approximate surface area is 153 Å². The standard InChI is InChI=1S/C16H17N5O4S/c1-16(2)11(15(24)25)21-13(23)10(14(21)26-16)18-12(22)9(19-20-17)8-6-4-3-5-7-8/h3-7,9-11,14H,1-2H3,(H,18,22)(H,24,25)/p-1/t9-,10+,11-,14+/m0/s1. The van der Waals surface area contributed by atoms with Crippen LogP contribution in [-0.4, -0.2) is 44.9 Å². The number of amides is 2. The molecule has 4 atom stereocenters. The number of rotatable bonds is 5. The molecule has 2 fully saturated rings. The van der Waals surface area contributed by atoms with Gasteiger partial charge in [0.2, 0.25) is 11.8 Å². The fourth-order valence-electron chi connectivity index (χ4n) is 3.32. The molecule has 1 N–H and O–H groups in total. The molecule has 2 aliphatic rings. The normalized spacial score (nSPS) is 26.9. The first kappa shape index (κ1) is 18.1. The summed E-state index contributed by atoms with van der Waals surface area (Å²) in [7, 11) is 0. The lowest BCUT2D eigenvalue weighted by molar-refractivity contribution is -0.312. The van der Waals surface area contributed by atoms with Crippen LogP contribution >= 0.6 is 11.8 Å². The van der Waals surface area contributed by atoms with Crippen molar-refractivity contribution in [1.82, 2.24) is 10.2 Å². The second-order valence-corrected chi connectivity index (χ2v) is 8.35. The zero-order valence-corrected chi connectivity index (χ0v) is 14.8. The summed E-state index contributed by atoms with van der Waals surface area (Å²) in [6, 6.07) is 5.44. The van der Waals surface area contributed by atoms with Gasteiger partial charge in [-0.25, -0.2) is 0 Å². The van der Waals surface area contributed by atoms with Crippen LogP contribution in [0.4, 0.5) is 0 Å². The van der Waals surface area contributed by atoms with Crippen molar-refractivity contribution in [3.8, 4) is 0 Å². The van der Waals surface area contributed by atoms with Gasteiger partial charge in [-0.2, -0.15) is 0 Å². The summed E-state index contributed by atoms with van der Waals surface area (Å²) in [5.74, 6) is -2.41. The van der Waals surface area contributed by atoms with Gasteiger partial charge >= 0.3 is 0 Å². The molecular formula is C16H16N5O4S-. The number of nitrogens with one attached hydrogen (secondary N) is 1. The first-order chi connectivity index (χ1) is 12.3.